The number of hydrogen-bond acceptors (Lipinski definition) is 3. The van der Waals surface area contributed by atoms with Gasteiger partial charge in [0.25, 0.3) is 5.69 Å². The number of ether oxygens (including phenoxy) is 1. The molecule has 0 radical (unpaired) electrons. The standard InChI is InChI=1S/C13H8Br2FNO3/c14-10-6-9(16)4-5-12(10)20-7-8-2-1-3-11(13(8)15)17(18)19/h1-6H,7H2. The van der Waals surface area contributed by atoms with E-state index in [-0.39, 0.29) is 18.1 Å². The average Bonchev–Trinajstić information content (AvgIpc) is 2.39. The first-order valence-corrected chi connectivity index (χ1v) is 7.07. The van der Waals surface area contributed by atoms with Gasteiger partial charge >= 0.3 is 0 Å². The largest absolute Gasteiger partial charge is 0.488 e. The molecule has 0 fully saturated rings. The van der Waals surface area contributed by atoms with Crippen LogP contribution in [0.4, 0.5) is 10.1 Å². The predicted octanol–water partition coefficient (Wildman–Crippen LogP) is 4.84. The zero-order chi connectivity index (χ0) is 14.7. The SMILES string of the molecule is O=[N+]([O-])c1cccc(COc2ccc(F)cc2Br)c1Br. The van der Waals surface area contributed by atoms with Crippen molar-refractivity contribution in [1.82, 2.24) is 0 Å². The van der Waals surface area contributed by atoms with E-state index < -0.39 is 4.92 Å². The molecule has 0 heterocycles. The number of hydrogen-bond donors (Lipinski definition) is 0. The monoisotopic (exact) mass is 403 g/mol. The maximum atomic E-state index is 12.9. The van der Waals surface area contributed by atoms with E-state index in [9.17, 15) is 14.5 Å². The second-order valence-electron chi connectivity index (χ2n) is 3.87. The summed E-state index contributed by atoms with van der Waals surface area (Å²) in [5.74, 6) is 0.0885. The van der Waals surface area contributed by atoms with Gasteiger partial charge in [-0.05, 0) is 50.1 Å². The fourth-order valence-electron chi connectivity index (χ4n) is 1.57. The summed E-state index contributed by atoms with van der Waals surface area (Å²) in [6, 6.07) is 8.77. The summed E-state index contributed by atoms with van der Waals surface area (Å²) in [6.07, 6.45) is 0. The highest BCUT2D eigenvalue weighted by Gasteiger charge is 2.15. The summed E-state index contributed by atoms with van der Waals surface area (Å²) < 4.78 is 19.3. The van der Waals surface area contributed by atoms with E-state index in [2.05, 4.69) is 31.9 Å². The van der Waals surface area contributed by atoms with Crippen LogP contribution in [0.5, 0.6) is 5.75 Å². The van der Waals surface area contributed by atoms with Crippen molar-refractivity contribution >= 4 is 37.5 Å². The topological polar surface area (TPSA) is 52.4 Å². The number of rotatable bonds is 4. The first-order chi connectivity index (χ1) is 9.49. The lowest BCUT2D eigenvalue weighted by Gasteiger charge is -2.09. The van der Waals surface area contributed by atoms with Gasteiger partial charge in [-0.3, -0.25) is 10.1 Å². The Morgan fingerprint density at radius 3 is 2.65 bits per heavy atom. The molecule has 0 saturated heterocycles. The summed E-state index contributed by atoms with van der Waals surface area (Å²) in [5, 5.41) is 10.8. The molecule has 0 aliphatic rings. The second kappa shape index (κ2) is 6.32. The van der Waals surface area contributed by atoms with Gasteiger partial charge in [0.15, 0.2) is 0 Å². The third-order valence-corrected chi connectivity index (χ3v) is 4.07. The van der Waals surface area contributed by atoms with E-state index in [1.54, 1.807) is 12.1 Å². The molecular weight excluding hydrogens is 397 g/mol. The van der Waals surface area contributed by atoms with Crippen LogP contribution in [0.3, 0.4) is 0 Å². The first-order valence-electron chi connectivity index (χ1n) is 5.48. The van der Waals surface area contributed by atoms with E-state index >= 15 is 0 Å². The maximum Gasteiger partial charge on any atom is 0.283 e. The van der Waals surface area contributed by atoms with Crippen LogP contribution < -0.4 is 4.74 Å². The Balaban J connectivity index is 2.19. The fraction of sp³-hybridized carbons (Fsp3) is 0.0769. The van der Waals surface area contributed by atoms with Gasteiger partial charge in [0, 0.05) is 11.6 Å². The molecule has 0 unspecified atom stereocenters. The molecule has 0 saturated carbocycles. The molecule has 0 N–H and O–H groups in total. The van der Waals surface area contributed by atoms with E-state index in [0.29, 0.717) is 20.3 Å². The Labute approximate surface area is 131 Å². The van der Waals surface area contributed by atoms with Gasteiger partial charge in [-0.2, -0.15) is 0 Å². The van der Waals surface area contributed by atoms with Crippen molar-refractivity contribution in [2.45, 2.75) is 6.61 Å². The zero-order valence-electron chi connectivity index (χ0n) is 9.98. The first kappa shape index (κ1) is 14.9. The quantitative estimate of drug-likeness (QED) is 0.541. The van der Waals surface area contributed by atoms with E-state index in [0.717, 1.165) is 0 Å². The molecule has 0 atom stereocenters. The Kier molecular flexibility index (Phi) is 4.72. The van der Waals surface area contributed by atoms with Crippen LogP contribution in [-0.2, 0) is 6.61 Å². The fourth-order valence-corrected chi connectivity index (χ4v) is 2.56. The molecule has 2 aromatic rings. The van der Waals surface area contributed by atoms with Gasteiger partial charge in [-0.15, -0.1) is 0 Å². The molecule has 2 rings (SSSR count). The number of halogens is 3. The molecular formula is C13H8Br2FNO3. The van der Waals surface area contributed by atoms with Gasteiger partial charge in [0.1, 0.15) is 22.6 Å². The van der Waals surface area contributed by atoms with E-state index in [1.165, 1.54) is 24.3 Å². The lowest BCUT2D eigenvalue weighted by atomic mass is 10.2. The summed E-state index contributed by atoms with van der Waals surface area (Å²) in [5.41, 5.74) is 0.611. The van der Waals surface area contributed by atoms with Crippen LogP contribution in [0.1, 0.15) is 5.56 Å². The Hall–Kier alpha value is -1.47. The number of nitro groups is 1. The van der Waals surface area contributed by atoms with Crippen molar-refractivity contribution in [3.8, 4) is 5.75 Å². The van der Waals surface area contributed by atoms with Crippen molar-refractivity contribution in [2.24, 2.45) is 0 Å². The number of nitrogens with zero attached hydrogens (tertiary/aromatic N) is 1. The maximum absolute atomic E-state index is 12.9. The second-order valence-corrected chi connectivity index (χ2v) is 5.52. The molecule has 2 aromatic carbocycles. The van der Waals surface area contributed by atoms with Crippen LogP contribution in [0.25, 0.3) is 0 Å². The molecule has 0 spiro atoms. The smallest absolute Gasteiger partial charge is 0.283 e. The molecule has 104 valence electrons. The van der Waals surface area contributed by atoms with Gasteiger partial charge in [0.2, 0.25) is 0 Å². The highest BCUT2D eigenvalue weighted by atomic mass is 79.9. The highest BCUT2D eigenvalue weighted by Crippen LogP contribution is 2.31. The zero-order valence-corrected chi connectivity index (χ0v) is 13.1. The van der Waals surface area contributed by atoms with Crippen LogP contribution >= 0.6 is 31.9 Å². The Bertz CT molecular complexity index is 664. The minimum atomic E-state index is -0.471. The van der Waals surface area contributed by atoms with Crippen LogP contribution in [0, 0.1) is 15.9 Å². The van der Waals surface area contributed by atoms with Gasteiger partial charge in [-0.25, -0.2) is 4.39 Å². The minimum Gasteiger partial charge on any atom is -0.488 e. The summed E-state index contributed by atoms with van der Waals surface area (Å²) in [4.78, 5) is 10.4. The lowest BCUT2D eigenvalue weighted by molar-refractivity contribution is -0.385. The predicted molar refractivity (Wildman–Crippen MR) is 79.2 cm³/mol. The normalized spacial score (nSPS) is 10.3. The molecule has 0 aliphatic heterocycles. The van der Waals surface area contributed by atoms with Crippen molar-refractivity contribution in [2.75, 3.05) is 0 Å². The van der Waals surface area contributed by atoms with Gasteiger partial charge in [0.05, 0.1) is 9.40 Å². The molecule has 4 nitrogen and oxygen atoms in total. The lowest BCUT2D eigenvalue weighted by Crippen LogP contribution is -1.99. The molecule has 0 aromatic heterocycles. The molecule has 20 heavy (non-hydrogen) atoms. The van der Waals surface area contributed by atoms with Crippen molar-refractivity contribution in [3.05, 3.63) is 66.8 Å². The number of benzene rings is 2. The van der Waals surface area contributed by atoms with Crippen molar-refractivity contribution < 1.29 is 14.1 Å². The van der Waals surface area contributed by atoms with E-state index in [4.69, 9.17) is 4.74 Å². The van der Waals surface area contributed by atoms with Gasteiger partial charge < -0.3 is 4.74 Å². The summed E-state index contributed by atoms with van der Waals surface area (Å²) in [7, 11) is 0. The Morgan fingerprint density at radius 2 is 2.00 bits per heavy atom. The molecule has 0 amide bonds. The third-order valence-electron chi connectivity index (χ3n) is 2.53. The Morgan fingerprint density at radius 1 is 1.25 bits per heavy atom. The van der Waals surface area contributed by atoms with Gasteiger partial charge in [-0.1, -0.05) is 12.1 Å². The van der Waals surface area contributed by atoms with Crippen LogP contribution in [0.2, 0.25) is 0 Å². The van der Waals surface area contributed by atoms with Crippen molar-refractivity contribution in [1.29, 1.82) is 0 Å². The summed E-state index contributed by atoms with van der Waals surface area (Å²) in [6.45, 7) is 0.131. The molecule has 0 aliphatic carbocycles. The van der Waals surface area contributed by atoms with Crippen molar-refractivity contribution in [3.63, 3.8) is 0 Å². The van der Waals surface area contributed by atoms with Crippen LogP contribution in [0.15, 0.2) is 45.3 Å². The molecule has 0 bridgehead atoms. The molecule has 7 heteroatoms. The van der Waals surface area contributed by atoms with E-state index in [1.807, 2.05) is 0 Å². The minimum absolute atomic E-state index is 0.0238. The average molecular weight is 405 g/mol. The van der Waals surface area contributed by atoms with Crippen LogP contribution in [-0.4, -0.2) is 4.92 Å². The number of nitro benzene ring substituents is 1. The third kappa shape index (κ3) is 3.34. The summed E-state index contributed by atoms with van der Waals surface area (Å²) >= 11 is 6.38. The highest BCUT2D eigenvalue weighted by molar-refractivity contribution is 9.11.